The molecular weight excluding hydrogens is 358 g/mol. The highest BCUT2D eigenvalue weighted by atomic mass is 32.2. The number of rotatable bonds is 7. The molecule has 0 radical (unpaired) electrons. The molecule has 6 nitrogen and oxygen atoms in total. The minimum absolute atomic E-state index is 0.0451. The van der Waals surface area contributed by atoms with Gasteiger partial charge in [-0.3, -0.25) is 10.8 Å². The van der Waals surface area contributed by atoms with Crippen LogP contribution in [0.4, 0.5) is 0 Å². The number of imidazole rings is 1. The van der Waals surface area contributed by atoms with Crippen LogP contribution in [0.25, 0.3) is 11.0 Å². The third kappa shape index (κ3) is 6.32. The molecule has 0 aliphatic carbocycles. The first kappa shape index (κ1) is 21.4. The maximum Gasteiger partial charge on any atom is 0.107 e. The summed E-state index contributed by atoms with van der Waals surface area (Å²) in [6.07, 6.45) is 6.21. The number of aliphatic hydroxyl groups is 1. The van der Waals surface area contributed by atoms with Crippen molar-refractivity contribution in [1.29, 1.82) is 0 Å². The van der Waals surface area contributed by atoms with Crippen molar-refractivity contribution in [1.82, 2.24) is 18.9 Å². The van der Waals surface area contributed by atoms with E-state index in [0.717, 1.165) is 28.3 Å². The number of fused-ring (bicyclic) bond motifs is 1. The van der Waals surface area contributed by atoms with Gasteiger partial charge in [0.05, 0.1) is 18.3 Å². The predicted octanol–water partition coefficient (Wildman–Crippen LogP) is 3.77. The Labute approximate surface area is 165 Å². The lowest BCUT2D eigenvalue weighted by Gasteiger charge is -2.13. The number of unbranched alkanes of at least 4 members (excludes halogenated alkanes) is 1. The van der Waals surface area contributed by atoms with Gasteiger partial charge in [-0.2, -0.15) is 4.41 Å². The topological polar surface area (TPSA) is 80.2 Å². The first-order valence-electron chi connectivity index (χ1n) is 9.25. The fraction of sp³-hybridized carbons (Fsp3) is 0.400. The van der Waals surface area contributed by atoms with Crippen LogP contribution in [0.2, 0.25) is 0 Å². The zero-order chi connectivity index (χ0) is 19.6. The minimum Gasteiger partial charge on any atom is -0.395 e. The average Bonchev–Trinajstić information content (AvgIpc) is 2.99. The molecule has 0 aliphatic heterocycles. The average molecular weight is 388 g/mol. The number of benzene rings is 1. The molecule has 0 amide bonds. The number of pyridine rings is 1. The Morgan fingerprint density at radius 2 is 1.85 bits per heavy atom. The SMILES string of the molecule is CCCC.Cc1nc2cnccc2n1Cc1ccc(SN(N)CCO)cc1. The zero-order valence-corrected chi connectivity index (χ0v) is 17.1. The van der Waals surface area contributed by atoms with Gasteiger partial charge in [0.15, 0.2) is 0 Å². The van der Waals surface area contributed by atoms with Gasteiger partial charge in [0, 0.05) is 24.2 Å². The van der Waals surface area contributed by atoms with Gasteiger partial charge in [-0.25, -0.2) is 4.98 Å². The molecule has 2 aromatic heterocycles. The highest BCUT2D eigenvalue weighted by Crippen LogP contribution is 2.21. The lowest BCUT2D eigenvalue weighted by atomic mass is 10.2. The van der Waals surface area contributed by atoms with E-state index < -0.39 is 0 Å². The van der Waals surface area contributed by atoms with Crippen molar-refractivity contribution in [3.05, 3.63) is 54.1 Å². The number of hydrazine groups is 1. The first-order valence-corrected chi connectivity index (χ1v) is 10.0. The van der Waals surface area contributed by atoms with Gasteiger partial charge >= 0.3 is 0 Å². The molecule has 0 fully saturated rings. The molecule has 0 aliphatic rings. The Morgan fingerprint density at radius 1 is 1.15 bits per heavy atom. The summed E-state index contributed by atoms with van der Waals surface area (Å²) in [4.78, 5) is 9.69. The van der Waals surface area contributed by atoms with E-state index in [0.29, 0.717) is 6.54 Å². The summed E-state index contributed by atoms with van der Waals surface area (Å²) in [5.41, 5.74) is 3.20. The fourth-order valence-corrected chi connectivity index (χ4v) is 3.12. The van der Waals surface area contributed by atoms with E-state index in [1.54, 1.807) is 12.4 Å². The summed E-state index contributed by atoms with van der Waals surface area (Å²) >= 11 is 1.41. The maximum absolute atomic E-state index is 8.87. The second-order valence-electron chi connectivity index (χ2n) is 6.21. The molecule has 0 bridgehead atoms. The number of hydrogen-bond acceptors (Lipinski definition) is 6. The summed E-state index contributed by atoms with van der Waals surface area (Å²) in [7, 11) is 0. The first-order chi connectivity index (χ1) is 13.1. The standard InChI is InChI=1S/C16H19N5OS.C4H10/c1-12-19-15-10-18-7-6-16(15)20(12)11-13-2-4-14(5-3-13)23-21(17)8-9-22;1-3-4-2/h2-7,10,22H,8-9,11,17H2,1H3;3-4H2,1-2H3. The van der Waals surface area contributed by atoms with Crippen molar-refractivity contribution in [2.75, 3.05) is 13.2 Å². The second-order valence-corrected chi connectivity index (χ2v) is 7.33. The smallest absolute Gasteiger partial charge is 0.107 e. The van der Waals surface area contributed by atoms with Crippen LogP contribution < -0.4 is 5.84 Å². The van der Waals surface area contributed by atoms with Crippen LogP contribution in [0.1, 0.15) is 38.1 Å². The van der Waals surface area contributed by atoms with Crippen molar-refractivity contribution in [2.45, 2.75) is 45.1 Å². The van der Waals surface area contributed by atoms with Crippen LogP contribution in [-0.2, 0) is 6.54 Å². The Kier molecular flexibility index (Phi) is 8.74. The van der Waals surface area contributed by atoms with Crippen LogP contribution in [-0.4, -0.2) is 37.2 Å². The quantitative estimate of drug-likeness (QED) is 0.365. The number of aliphatic hydroxyl groups excluding tert-OH is 1. The van der Waals surface area contributed by atoms with Crippen LogP contribution in [0, 0.1) is 6.92 Å². The second kappa shape index (κ2) is 11.0. The number of aryl methyl sites for hydroxylation is 1. The van der Waals surface area contributed by atoms with Gasteiger partial charge in [0.1, 0.15) is 11.3 Å². The van der Waals surface area contributed by atoms with Gasteiger partial charge in [-0.15, -0.1) is 0 Å². The lowest BCUT2D eigenvalue weighted by Crippen LogP contribution is -2.26. The third-order valence-electron chi connectivity index (χ3n) is 4.05. The van der Waals surface area contributed by atoms with Crippen molar-refractivity contribution >= 4 is 23.0 Å². The fourth-order valence-electron chi connectivity index (χ4n) is 2.42. The Morgan fingerprint density at radius 3 is 2.48 bits per heavy atom. The molecule has 0 saturated carbocycles. The summed E-state index contributed by atoms with van der Waals surface area (Å²) < 4.78 is 3.70. The number of nitrogens with two attached hydrogens (primary N) is 1. The molecule has 1 aromatic carbocycles. The van der Waals surface area contributed by atoms with Gasteiger partial charge in [-0.1, -0.05) is 38.8 Å². The van der Waals surface area contributed by atoms with E-state index in [1.807, 2.05) is 25.1 Å². The number of hydrogen-bond donors (Lipinski definition) is 2. The van der Waals surface area contributed by atoms with Crippen LogP contribution in [0.15, 0.2) is 47.6 Å². The van der Waals surface area contributed by atoms with Gasteiger partial charge < -0.3 is 9.67 Å². The Hall–Kier alpha value is -1.93. The van der Waals surface area contributed by atoms with E-state index in [2.05, 4.69) is 40.5 Å². The van der Waals surface area contributed by atoms with E-state index in [4.69, 9.17) is 10.9 Å². The monoisotopic (exact) mass is 387 g/mol. The van der Waals surface area contributed by atoms with E-state index >= 15 is 0 Å². The molecule has 0 spiro atoms. The molecule has 27 heavy (non-hydrogen) atoms. The summed E-state index contributed by atoms with van der Waals surface area (Å²) in [5, 5.41) is 8.87. The number of nitrogens with zero attached hydrogens (tertiary/aromatic N) is 4. The molecule has 3 rings (SSSR count). The van der Waals surface area contributed by atoms with E-state index in [9.17, 15) is 0 Å². The summed E-state index contributed by atoms with van der Waals surface area (Å²) in [6, 6.07) is 10.2. The summed E-state index contributed by atoms with van der Waals surface area (Å²) in [5.74, 6) is 6.74. The molecule has 3 N–H and O–H groups in total. The molecule has 2 heterocycles. The van der Waals surface area contributed by atoms with Gasteiger partial charge in [0.2, 0.25) is 0 Å². The van der Waals surface area contributed by atoms with Crippen LogP contribution in [0.3, 0.4) is 0 Å². The van der Waals surface area contributed by atoms with Gasteiger partial charge in [0.25, 0.3) is 0 Å². The normalized spacial score (nSPS) is 10.9. The van der Waals surface area contributed by atoms with Crippen molar-refractivity contribution in [2.24, 2.45) is 5.84 Å². The molecule has 0 saturated heterocycles. The Balaban J connectivity index is 0.000000596. The maximum atomic E-state index is 8.87. The summed E-state index contributed by atoms with van der Waals surface area (Å²) in [6.45, 7) is 7.61. The molecule has 0 unspecified atom stereocenters. The predicted molar refractivity (Wildman–Crippen MR) is 112 cm³/mol. The van der Waals surface area contributed by atoms with Crippen molar-refractivity contribution in [3.63, 3.8) is 0 Å². The molecule has 146 valence electrons. The highest BCUT2D eigenvalue weighted by Gasteiger charge is 2.08. The van der Waals surface area contributed by atoms with E-state index in [-0.39, 0.29) is 6.61 Å². The zero-order valence-electron chi connectivity index (χ0n) is 16.3. The molecule has 3 aromatic rings. The molecular formula is C20H29N5OS. The minimum atomic E-state index is 0.0451. The van der Waals surface area contributed by atoms with Crippen LogP contribution in [0.5, 0.6) is 0 Å². The Bertz CT molecular complexity index is 817. The van der Waals surface area contributed by atoms with Crippen molar-refractivity contribution < 1.29 is 5.11 Å². The van der Waals surface area contributed by atoms with Crippen molar-refractivity contribution in [3.8, 4) is 0 Å². The van der Waals surface area contributed by atoms with E-state index in [1.165, 1.54) is 34.8 Å². The van der Waals surface area contributed by atoms with Crippen LogP contribution >= 0.6 is 11.9 Å². The lowest BCUT2D eigenvalue weighted by molar-refractivity contribution is 0.263. The number of aromatic nitrogens is 3. The highest BCUT2D eigenvalue weighted by molar-refractivity contribution is 7.97. The molecule has 7 heteroatoms. The largest absolute Gasteiger partial charge is 0.395 e. The third-order valence-corrected chi connectivity index (χ3v) is 4.95. The van der Waals surface area contributed by atoms with Gasteiger partial charge in [-0.05, 0) is 42.6 Å². The molecule has 0 atom stereocenters.